The smallest absolute Gasteiger partial charge is 0.337 e. The number of thioether (sulfide) groups is 1. The fraction of sp³-hybridized carbons (Fsp3) is 0.250. The van der Waals surface area contributed by atoms with E-state index in [1.54, 1.807) is 13.0 Å². The Morgan fingerprint density at radius 1 is 1.35 bits per heavy atom. The van der Waals surface area contributed by atoms with Crippen LogP contribution in [-0.2, 0) is 4.79 Å². The summed E-state index contributed by atoms with van der Waals surface area (Å²) in [5, 5.41) is 13.6. The van der Waals surface area contributed by atoms with E-state index in [4.69, 9.17) is 16.7 Å². The van der Waals surface area contributed by atoms with Crippen LogP contribution in [0.15, 0.2) is 23.1 Å². The van der Waals surface area contributed by atoms with Gasteiger partial charge in [0.2, 0.25) is 5.91 Å². The Morgan fingerprint density at radius 3 is 2.65 bits per heavy atom. The average molecular weight is 317 g/mol. The fourth-order valence-corrected chi connectivity index (χ4v) is 2.21. The Bertz CT molecular complexity index is 536. The summed E-state index contributed by atoms with van der Waals surface area (Å²) in [6, 6.07) is 3.89. The molecule has 0 heterocycles. The molecule has 0 aliphatic carbocycles. The number of carbonyl (C=O) groups excluding carboxylic acids is 2. The molecule has 1 aromatic rings. The standard InChI is InChI=1S/C12H13ClN2O4S/c1-2-14-12(19)15-10(16)6-20-7-3-4-9(13)8(5-7)11(17)18/h3-5H,2,6H2,1H3,(H,17,18)(H2,14,15,16,19). The van der Waals surface area contributed by atoms with E-state index in [0.717, 1.165) is 11.8 Å². The van der Waals surface area contributed by atoms with Gasteiger partial charge in [0.15, 0.2) is 0 Å². The van der Waals surface area contributed by atoms with Crippen LogP contribution < -0.4 is 10.6 Å². The molecule has 0 bridgehead atoms. The minimum atomic E-state index is -1.13. The molecule has 1 aromatic carbocycles. The average Bonchev–Trinajstić information content (AvgIpc) is 2.37. The van der Waals surface area contributed by atoms with Crippen LogP contribution in [-0.4, -0.2) is 35.3 Å². The molecule has 0 aliphatic heterocycles. The molecule has 20 heavy (non-hydrogen) atoms. The van der Waals surface area contributed by atoms with Gasteiger partial charge in [-0.2, -0.15) is 0 Å². The number of rotatable bonds is 5. The van der Waals surface area contributed by atoms with Gasteiger partial charge in [-0.25, -0.2) is 9.59 Å². The summed E-state index contributed by atoms with van der Waals surface area (Å²) in [6.07, 6.45) is 0. The van der Waals surface area contributed by atoms with Gasteiger partial charge in [-0.1, -0.05) is 11.6 Å². The lowest BCUT2D eigenvalue weighted by atomic mass is 10.2. The number of carboxylic acid groups (broad SMARTS) is 1. The van der Waals surface area contributed by atoms with Crippen LogP contribution in [0.2, 0.25) is 5.02 Å². The topological polar surface area (TPSA) is 95.5 Å². The van der Waals surface area contributed by atoms with E-state index in [9.17, 15) is 14.4 Å². The number of hydrogen-bond donors (Lipinski definition) is 3. The highest BCUT2D eigenvalue weighted by atomic mass is 35.5. The third kappa shape index (κ3) is 5.10. The van der Waals surface area contributed by atoms with E-state index in [1.807, 2.05) is 0 Å². The van der Waals surface area contributed by atoms with E-state index in [1.165, 1.54) is 12.1 Å². The Morgan fingerprint density at radius 2 is 2.05 bits per heavy atom. The quantitative estimate of drug-likeness (QED) is 0.722. The van der Waals surface area contributed by atoms with Crippen molar-refractivity contribution in [2.24, 2.45) is 0 Å². The molecule has 3 N–H and O–H groups in total. The molecule has 0 saturated heterocycles. The van der Waals surface area contributed by atoms with Crippen LogP contribution in [0.5, 0.6) is 0 Å². The number of amides is 3. The summed E-state index contributed by atoms with van der Waals surface area (Å²) in [6.45, 7) is 2.16. The van der Waals surface area contributed by atoms with Gasteiger partial charge in [0.05, 0.1) is 16.3 Å². The predicted molar refractivity (Wildman–Crippen MR) is 76.4 cm³/mol. The monoisotopic (exact) mass is 316 g/mol. The van der Waals surface area contributed by atoms with Crippen LogP contribution in [0.3, 0.4) is 0 Å². The molecule has 8 heteroatoms. The second-order valence-electron chi connectivity index (χ2n) is 3.64. The summed E-state index contributed by atoms with van der Waals surface area (Å²) in [5.74, 6) is -1.60. The molecular weight excluding hydrogens is 304 g/mol. The number of halogens is 1. The molecule has 108 valence electrons. The van der Waals surface area contributed by atoms with Gasteiger partial charge in [0, 0.05) is 11.4 Å². The van der Waals surface area contributed by atoms with Gasteiger partial charge in [0.25, 0.3) is 0 Å². The first kappa shape index (κ1) is 16.3. The number of carbonyl (C=O) groups is 3. The number of carboxylic acids is 1. The molecular formula is C12H13ClN2O4S. The fourth-order valence-electron chi connectivity index (χ4n) is 1.27. The third-order valence-electron chi connectivity index (χ3n) is 2.13. The van der Waals surface area contributed by atoms with Crippen LogP contribution in [0.4, 0.5) is 4.79 Å². The summed E-state index contributed by atoms with van der Waals surface area (Å²) in [7, 11) is 0. The molecule has 0 fully saturated rings. The Kier molecular flexibility index (Phi) is 6.33. The van der Waals surface area contributed by atoms with Crippen molar-refractivity contribution in [3.05, 3.63) is 28.8 Å². The van der Waals surface area contributed by atoms with E-state index in [-0.39, 0.29) is 16.3 Å². The largest absolute Gasteiger partial charge is 0.478 e. The predicted octanol–water partition coefficient (Wildman–Crippen LogP) is 1.98. The summed E-state index contributed by atoms with van der Waals surface area (Å²) >= 11 is 6.85. The van der Waals surface area contributed by atoms with E-state index in [2.05, 4.69) is 10.6 Å². The maximum Gasteiger partial charge on any atom is 0.337 e. The highest BCUT2D eigenvalue weighted by Gasteiger charge is 2.11. The molecule has 1 rings (SSSR count). The van der Waals surface area contributed by atoms with Crippen molar-refractivity contribution < 1.29 is 19.5 Å². The molecule has 0 spiro atoms. The molecule has 0 aromatic heterocycles. The first-order chi connectivity index (χ1) is 9.43. The van der Waals surface area contributed by atoms with E-state index >= 15 is 0 Å². The van der Waals surface area contributed by atoms with Crippen LogP contribution in [0, 0.1) is 0 Å². The van der Waals surface area contributed by atoms with Crippen molar-refractivity contribution in [1.82, 2.24) is 10.6 Å². The van der Waals surface area contributed by atoms with Crippen molar-refractivity contribution >= 4 is 41.3 Å². The number of hydrogen-bond acceptors (Lipinski definition) is 4. The SMILES string of the molecule is CCNC(=O)NC(=O)CSc1ccc(Cl)c(C(=O)O)c1. The first-order valence-electron chi connectivity index (χ1n) is 5.67. The maximum absolute atomic E-state index is 11.5. The highest BCUT2D eigenvalue weighted by Crippen LogP contribution is 2.24. The number of imide groups is 1. The minimum Gasteiger partial charge on any atom is -0.478 e. The Balaban J connectivity index is 2.58. The van der Waals surface area contributed by atoms with E-state index < -0.39 is 17.9 Å². The molecule has 0 atom stereocenters. The van der Waals surface area contributed by atoms with Crippen LogP contribution in [0.25, 0.3) is 0 Å². The molecule has 6 nitrogen and oxygen atoms in total. The number of benzene rings is 1. The van der Waals surface area contributed by atoms with Gasteiger partial charge < -0.3 is 10.4 Å². The van der Waals surface area contributed by atoms with Crippen LogP contribution in [0.1, 0.15) is 17.3 Å². The summed E-state index contributed by atoms with van der Waals surface area (Å²) in [4.78, 5) is 34.0. The van der Waals surface area contributed by atoms with Gasteiger partial charge in [-0.3, -0.25) is 10.1 Å². The summed E-state index contributed by atoms with van der Waals surface area (Å²) in [5.41, 5.74) is -0.0270. The molecule has 0 unspecified atom stereocenters. The molecule has 3 amide bonds. The lowest BCUT2D eigenvalue weighted by Gasteiger charge is -2.06. The molecule has 0 radical (unpaired) electrons. The lowest BCUT2D eigenvalue weighted by molar-refractivity contribution is -0.117. The third-order valence-corrected chi connectivity index (χ3v) is 3.45. The molecule has 0 saturated carbocycles. The van der Waals surface area contributed by atoms with E-state index in [0.29, 0.717) is 11.4 Å². The summed E-state index contributed by atoms with van der Waals surface area (Å²) < 4.78 is 0. The van der Waals surface area contributed by atoms with Crippen molar-refractivity contribution in [2.45, 2.75) is 11.8 Å². The first-order valence-corrected chi connectivity index (χ1v) is 7.03. The second-order valence-corrected chi connectivity index (χ2v) is 5.10. The minimum absolute atomic E-state index is 0.00216. The number of nitrogens with one attached hydrogen (secondary N) is 2. The molecule has 0 aliphatic rings. The zero-order chi connectivity index (χ0) is 15.1. The van der Waals surface area contributed by atoms with Crippen molar-refractivity contribution in [3.8, 4) is 0 Å². The number of aromatic carboxylic acids is 1. The van der Waals surface area contributed by atoms with Crippen molar-refractivity contribution in [1.29, 1.82) is 0 Å². The van der Waals surface area contributed by atoms with Gasteiger partial charge >= 0.3 is 12.0 Å². The Hall–Kier alpha value is -1.73. The van der Waals surface area contributed by atoms with Gasteiger partial charge in [-0.15, -0.1) is 11.8 Å². The van der Waals surface area contributed by atoms with Crippen molar-refractivity contribution in [2.75, 3.05) is 12.3 Å². The zero-order valence-electron chi connectivity index (χ0n) is 10.6. The van der Waals surface area contributed by atoms with Crippen LogP contribution >= 0.6 is 23.4 Å². The number of urea groups is 1. The normalized spacial score (nSPS) is 9.90. The van der Waals surface area contributed by atoms with Crippen molar-refractivity contribution in [3.63, 3.8) is 0 Å². The van der Waals surface area contributed by atoms with Gasteiger partial charge in [-0.05, 0) is 25.1 Å². The Labute approximate surface area is 124 Å². The van der Waals surface area contributed by atoms with Gasteiger partial charge in [0.1, 0.15) is 0 Å². The lowest BCUT2D eigenvalue weighted by Crippen LogP contribution is -2.40. The second kappa shape index (κ2) is 7.76. The maximum atomic E-state index is 11.5. The zero-order valence-corrected chi connectivity index (χ0v) is 12.2. The highest BCUT2D eigenvalue weighted by molar-refractivity contribution is 8.00.